The quantitative estimate of drug-likeness (QED) is 0.725. The number of benzene rings is 2. The molecule has 0 saturated carbocycles. The summed E-state index contributed by atoms with van der Waals surface area (Å²) in [5, 5.41) is 3.71. The Balaban J connectivity index is 2.12. The first-order valence-electron chi connectivity index (χ1n) is 6.71. The Kier molecular flexibility index (Phi) is 3.55. The van der Waals surface area contributed by atoms with Crippen LogP contribution in [0.3, 0.4) is 0 Å². The van der Waals surface area contributed by atoms with Crippen molar-refractivity contribution in [1.29, 1.82) is 0 Å². The topological polar surface area (TPSA) is 3.24 Å². The molecule has 2 heteroatoms. The van der Waals surface area contributed by atoms with Crippen molar-refractivity contribution in [3.8, 4) is 0 Å². The summed E-state index contributed by atoms with van der Waals surface area (Å²) in [5.41, 5.74) is 2.79. The summed E-state index contributed by atoms with van der Waals surface area (Å²) in [6.45, 7) is 2.41. The maximum absolute atomic E-state index is 3.59. The molecule has 2 aromatic carbocycles. The lowest BCUT2D eigenvalue weighted by Gasteiger charge is -2.30. The molecular formula is C16H18BrN. The molecule has 1 heterocycles. The minimum atomic E-state index is 0.924. The lowest BCUT2D eigenvalue weighted by atomic mass is 10.0. The third kappa shape index (κ3) is 2.14. The molecule has 1 fully saturated rings. The van der Waals surface area contributed by atoms with Gasteiger partial charge in [-0.25, -0.2) is 0 Å². The predicted octanol–water partition coefficient (Wildman–Crippen LogP) is 4.73. The standard InChI is InChI=1S/C16H18BrN/c17-12-13-8-9-16(18-10-4-1-5-11-18)15-7-3-2-6-14(13)15/h2-3,6-9H,1,4-5,10-12H2. The van der Waals surface area contributed by atoms with Gasteiger partial charge < -0.3 is 4.90 Å². The second kappa shape index (κ2) is 5.31. The molecule has 0 atom stereocenters. The normalized spacial score (nSPS) is 16.2. The van der Waals surface area contributed by atoms with Crippen LogP contribution in [0, 0.1) is 0 Å². The summed E-state index contributed by atoms with van der Waals surface area (Å²) < 4.78 is 0. The predicted molar refractivity (Wildman–Crippen MR) is 82.6 cm³/mol. The average molecular weight is 304 g/mol. The van der Waals surface area contributed by atoms with E-state index in [1.807, 2.05) is 0 Å². The van der Waals surface area contributed by atoms with E-state index < -0.39 is 0 Å². The molecule has 94 valence electrons. The van der Waals surface area contributed by atoms with Gasteiger partial charge in [0.2, 0.25) is 0 Å². The van der Waals surface area contributed by atoms with E-state index in [2.05, 4.69) is 57.2 Å². The number of hydrogen-bond donors (Lipinski definition) is 0. The fourth-order valence-corrected chi connectivity index (χ4v) is 3.36. The Morgan fingerprint density at radius 3 is 2.33 bits per heavy atom. The van der Waals surface area contributed by atoms with Crippen molar-refractivity contribution in [2.24, 2.45) is 0 Å². The SMILES string of the molecule is BrCc1ccc(N2CCCCC2)c2ccccc12. The van der Waals surface area contributed by atoms with Crippen LogP contribution in [0.4, 0.5) is 5.69 Å². The van der Waals surface area contributed by atoms with Crippen LogP contribution < -0.4 is 4.90 Å². The molecule has 3 rings (SSSR count). The molecule has 0 spiro atoms. The maximum atomic E-state index is 3.59. The lowest BCUT2D eigenvalue weighted by molar-refractivity contribution is 0.579. The van der Waals surface area contributed by atoms with Gasteiger partial charge >= 0.3 is 0 Å². The van der Waals surface area contributed by atoms with E-state index in [1.54, 1.807) is 0 Å². The van der Waals surface area contributed by atoms with Crippen molar-refractivity contribution in [2.75, 3.05) is 18.0 Å². The molecule has 2 aromatic rings. The number of rotatable bonds is 2. The number of alkyl halides is 1. The summed E-state index contributed by atoms with van der Waals surface area (Å²) in [6, 6.07) is 13.3. The van der Waals surface area contributed by atoms with Crippen molar-refractivity contribution < 1.29 is 0 Å². The van der Waals surface area contributed by atoms with Gasteiger partial charge in [-0.05, 0) is 36.3 Å². The van der Waals surface area contributed by atoms with E-state index in [-0.39, 0.29) is 0 Å². The van der Waals surface area contributed by atoms with Crippen LogP contribution >= 0.6 is 15.9 Å². The molecule has 1 aliphatic rings. The van der Waals surface area contributed by atoms with Crippen LogP contribution in [0.15, 0.2) is 36.4 Å². The minimum absolute atomic E-state index is 0.924. The number of fused-ring (bicyclic) bond motifs is 1. The Labute approximate surface area is 117 Å². The molecule has 0 bridgehead atoms. The number of hydrogen-bond acceptors (Lipinski definition) is 1. The van der Waals surface area contributed by atoms with Crippen molar-refractivity contribution in [2.45, 2.75) is 24.6 Å². The van der Waals surface area contributed by atoms with Gasteiger partial charge in [0.25, 0.3) is 0 Å². The van der Waals surface area contributed by atoms with Crippen molar-refractivity contribution in [1.82, 2.24) is 0 Å². The van der Waals surface area contributed by atoms with Crippen LogP contribution in [0.5, 0.6) is 0 Å². The van der Waals surface area contributed by atoms with Crippen molar-refractivity contribution in [3.05, 3.63) is 42.0 Å². The number of piperidine rings is 1. The Hall–Kier alpha value is -1.02. The number of nitrogens with zero attached hydrogens (tertiary/aromatic N) is 1. The molecule has 1 saturated heterocycles. The van der Waals surface area contributed by atoms with E-state index in [1.165, 1.54) is 54.4 Å². The monoisotopic (exact) mass is 303 g/mol. The van der Waals surface area contributed by atoms with Gasteiger partial charge in [0.05, 0.1) is 0 Å². The van der Waals surface area contributed by atoms with E-state index in [0.717, 1.165) is 5.33 Å². The van der Waals surface area contributed by atoms with E-state index in [9.17, 15) is 0 Å². The van der Waals surface area contributed by atoms with Crippen molar-refractivity contribution in [3.63, 3.8) is 0 Å². The lowest BCUT2D eigenvalue weighted by Crippen LogP contribution is -2.29. The highest BCUT2D eigenvalue weighted by atomic mass is 79.9. The second-order valence-corrected chi connectivity index (χ2v) is 5.53. The Morgan fingerprint density at radius 2 is 1.61 bits per heavy atom. The van der Waals surface area contributed by atoms with Gasteiger partial charge in [0.1, 0.15) is 0 Å². The fourth-order valence-electron chi connectivity index (χ4n) is 2.87. The van der Waals surface area contributed by atoms with Gasteiger partial charge in [-0.2, -0.15) is 0 Å². The molecule has 0 unspecified atom stereocenters. The van der Waals surface area contributed by atoms with E-state index in [4.69, 9.17) is 0 Å². The van der Waals surface area contributed by atoms with Crippen LogP contribution in [0.25, 0.3) is 10.8 Å². The largest absolute Gasteiger partial charge is 0.371 e. The number of halogens is 1. The van der Waals surface area contributed by atoms with Gasteiger partial charge in [0, 0.05) is 29.5 Å². The summed E-state index contributed by atoms with van der Waals surface area (Å²) in [6.07, 6.45) is 4.04. The van der Waals surface area contributed by atoms with Crippen LogP contribution in [0.2, 0.25) is 0 Å². The van der Waals surface area contributed by atoms with E-state index in [0.29, 0.717) is 0 Å². The zero-order chi connectivity index (χ0) is 12.4. The molecule has 1 nitrogen and oxygen atoms in total. The fraction of sp³-hybridized carbons (Fsp3) is 0.375. The molecule has 0 amide bonds. The summed E-state index contributed by atoms with van der Waals surface area (Å²) in [4.78, 5) is 2.55. The molecule has 0 aliphatic carbocycles. The van der Waals surface area contributed by atoms with Gasteiger partial charge in [0.15, 0.2) is 0 Å². The zero-order valence-corrected chi connectivity index (χ0v) is 12.1. The van der Waals surface area contributed by atoms with Crippen LogP contribution in [-0.4, -0.2) is 13.1 Å². The second-order valence-electron chi connectivity index (χ2n) is 4.97. The molecule has 0 N–H and O–H groups in total. The van der Waals surface area contributed by atoms with Crippen LogP contribution in [0.1, 0.15) is 24.8 Å². The van der Waals surface area contributed by atoms with E-state index >= 15 is 0 Å². The highest BCUT2D eigenvalue weighted by molar-refractivity contribution is 9.08. The molecule has 0 aromatic heterocycles. The van der Waals surface area contributed by atoms with Crippen LogP contribution in [-0.2, 0) is 5.33 Å². The summed E-state index contributed by atoms with van der Waals surface area (Å²) in [7, 11) is 0. The Morgan fingerprint density at radius 1 is 0.889 bits per heavy atom. The first-order chi connectivity index (χ1) is 8.90. The minimum Gasteiger partial charge on any atom is -0.371 e. The highest BCUT2D eigenvalue weighted by Crippen LogP contribution is 2.32. The molecule has 1 aliphatic heterocycles. The third-order valence-corrected chi connectivity index (χ3v) is 4.44. The Bertz CT molecular complexity index is 544. The van der Waals surface area contributed by atoms with Crippen molar-refractivity contribution >= 4 is 32.4 Å². The smallest absolute Gasteiger partial charge is 0.0446 e. The average Bonchev–Trinajstić information content (AvgIpc) is 2.47. The van der Waals surface area contributed by atoms with Gasteiger partial charge in [-0.3, -0.25) is 0 Å². The zero-order valence-electron chi connectivity index (χ0n) is 10.5. The third-order valence-electron chi connectivity index (χ3n) is 3.83. The molecule has 18 heavy (non-hydrogen) atoms. The molecule has 0 radical (unpaired) electrons. The molecular weight excluding hydrogens is 286 g/mol. The highest BCUT2D eigenvalue weighted by Gasteiger charge is 2.14. The van der Waals surface area contributed by atoms with Gasteiger partial charge in [-0.15, -0.1) is 0 Å². The number of anilines is 1. The maximum Gasteiger partial charge on any atom is 0.0446 e. The van der Waals surface area contributed by atoms with Gasteiger partial charge in [-0.1, -0.05) is 46.3 Å². The first-order valence-corrected chi connectivity index (χ1v) is 7.84. The summed E-state index contributed by atoms with van der Waals surface area (Å²) >= 11 is 3.59. The first kappa shape index (κ1) is 12.0. The summed E-state index contributed by atoms with van der Waals surface area (Å²) in [5.74, 6) is 0.